The maximum Gasteiger partial charge on any atom is 0.275 e. The van der Waals surface area contributed by atoms with E-state index in [9.17, 15) is 4.79 Å². The molecule has 0 radical (unpaired) electrons. The van der Waals surface area contributed by atoms with Crippen molar-refractivity contribution >= 4 is 28.2 Å². The van der Waals surface area contributed by atoms with Crippen LogP contribution in [0.4, 0.5) is 17.2 Å². The Bertz CT molecular complexity index is 1450. The van der Waals surface area contributed by atoms with Crippen LogP contribution in [0.5, 0.6) is 0 Å². The Morgan fingerprint density at radius 2 is 1.86 bits per heavy atom. The van der Waals surface area contributed by atoms with Crippen LogP contribution in [0.25, 0.3) is 22.2 Å². The van der Waals surface area contributed by atoms with Crippen molar-refractivity contribution in [3.63, 3.8) is 0 Å². The van der Waals surface area contributed by atoms with Crippen LogP contribution in [-0.4, -0.2) is 50.6 Å². The standard InChI is InChI=1S/C25H30N8O2/c1-15(17-9-18(11-20(26)10-17)19-13-27-31(3)14-19)28-23-21-12-22(33-5-7-35-8-6-33)25(34)32(4)24(21)30-16(2)29-23/h9-15H,5-8,26H2,1-4H3,(H,28,29,30)/t15-/m1/s1. The molecule has 0 saturated carbocycles. The first-order chi connectivity index (χ1) is 16.8. The summed E-state index contributed by atoms with van der Waals surface area (Å²) in [5.41, 5.74) is 11.1. The van der Waals surface area contributed by atoms with Gasteiger partial charge in [-0.1, -0.05) is 0 Å². The SMILES string of the molecule is Cc1nc(N[C@H](C)c2cc(N)cc(-c3cnn(C)c3)c2)c2cc(N3CCOCC3)c(=O)n(C)c2n1. The molecule has 1 aliphatic heterocycles. The zero-order valence-corrected chi connectivity index (χ0v) is 20.4. The number of nitrogens with one attached hydrogen (secondary N) is 1. The molecule has 1 atom stereocenters. The van der Waals surface area contributed by atoms with Crippen LogP contribution in [0, 0.1) is 6.92 Å². The van der Waals surface area contributed by atoms with E-state index >= 15 is 0 Å². The molecule has 4 heterocycles. The second kappa shape index (κ2) is 9.03. The molecule has 182 valence electrons. The third kappa shape index (κ3) is 4.44. The van der Waals surface area contributed by atoms with Crippen molar-refractivity contribution in [2.45, 2.75) is 19.9 Å². The summed E-state index contributed by atoms with van der Waals surface area (Å²) in [6, 6.07) is 7.81. The molecular formula is C25H30N8O2. The van der Waals surface area contributed by atoms with Crippen molar-refractivity contribution in [1.29, 1.82) is 0 Å². The van der Waals surface area contributed by atoms with Crippen molar-refractivity contribution in [3.05, 3.63) is 58.4 Å². The maximum absolute atomic E-state index is 13.1. The number of aromatic nitrogens is 5. The number of aryl methyl sites for hydroxylation is 3. The molecule has 0 bridgehead atoms. The van der Waals surface area contributed by atoms with Gasteiger partial charge in [-0.05, 0) is 49.2 Å². The molecule has 4 aromatic rings. The van der Waals surface area contributed by atoms with E-state index in [2.05, 4.69) is 33.3 Å². The van der Waals surface area contributed by atoms with Gasteiger partial charge in [0.25, 0.3) is 5.56 Å². The number of nitrogens with zero attached hydrogens (tertiary/aromatic N) is 6. The van der Waals surface area contributed by atoms with Crippen molar-refractivity contribution in [1.82, 2.24) is 24.3 Å². The minimum absolute atomic E-state index is 0.0755. The molecule has 1 aliphatic rings. The van der Waals surface area contributed by atoms with Gasteiger partial charge in [-0.3, -0.25) is 14.0 Å². The minimum atomic E-state index is -0.101. The highest BCUT2D eigenvalue weighted by Crippen LogP contribution is 2.30. The predicted octanol–water partition coefficient (Wildman–Crippen LogP) is 2.63. The van der Waals surface area contributed by atoms with Crippen molar-refractivity contribution in [3.8, 4) is 11.1 Å². The monoisotopic (exact) mass is 474 g/mol. The van der Waals surface area contributed by atoms with Gasteiger partial charge >= 0.3 is 0 Å². The Balaban J connectivity index is 1.55. The first kappa shape index (κ1) is 22.9. The number of fused-ring (bicyclic) bond motifs is 1. The third-order valence-electron chi connectivity index (χ3n) is 6.38. The van der Waals surface area contributed by atoms with E-state index in [1.807, 2.05) is 44.6 Å². The van der Waals surface area contributed by atoms with Gasteiger partial charge < -0.3 is 20.7 Å². The van der Waals surface area contributed by atoms with Gasteiger partial charge in [-0.15, -0.1) is 0 Å². The van der Waals surface area contributed by atoms with Gasteiger partial charge in [0, 0.05) is 44.6 Å². The largest absolute Gasteiger partial charge is 0.399 e. The highest BCUT2D eigenvalue weighted by molar-refractivity contribution is 5.89. The van der Waals surface area contributed by atoms with Crippen LogP contribution in [0.15, 0.2) is 41.5 Å². The number of rotatable bonds is 5. The van der Waals surface area contributed by atoms with Crippen LogP contribution in [0.2, 0.25) is 0 Å². The van der Waals surface area contributed by atoms with Gasteiger partial charge in [0.05, 0.1) is 30.8 Å². The number of ether oxygens (including phenoxy) is 1. The Hall–Kier alpha value is -3.92. The zero-order chi connectivity index (χ0) is 24.7. The van der Waals surface area contributed by atoms with E-state index in [1.165, 1.54) is 0 Å². The van der Waals surface area contributed by atoms with E-state index in [4.69, 9.17) is 15.5 Å². The van der Waals surface area contributed by atoms with E-state index in [0.717, 1.165) is 22.1 Å². The first-order valence-electron chi connectivity index (χ1n) is 11.7. The fourth-order valence-corrected chi connectivity index (χ4v) is 4.51. The Labute approximate surface area is 203 Å². The van der Waals surface area contributed by atoms with Gasteiger partial charge in [-0.2, -0.15) is 5.10 Å². The second-order valence-electron chi connectivity index (χ2n) is 9.01. The number of hydrogen-bond acceptors (Lipinski definition) is 8. The number of pyridine rings is 1. The highest BCUT2D eigenvalue weighted by Gasteiger charge is 2.20. The average molecular weight is 475 g/mol. The number of nitrogens with two attached hydrogens (primary N) is 1. The number of hydrogen-bond donors (Lipinski definition) is 2. The summed E-state index contributed by atoms with van der Waals surface area (Å²) in [7, 11) is 3.65. The third-order valence-corrected chi connectivity index (χ3v) is 6.38. The summed E-state index contributed by atoms with van der Waals surface area (Å²) in [6.45, 7) is 6.44. The van der Waals surface area contributed by atoms with Crippen molar-refractivity contribution in [2.24, 2.45) is 14.1 Å². The summed E-state index contributed by atoms with van der Waals surface area (Å²) < 4.78 is 8.84. The number of benzene rings is 1. The molecule has 10 heteroatoms. The quantitative estimate of drug-likeness (QED) is 0.424. The van der Waals surface area contributed by atoms with Gasteiger partial charge in [0.15, 0.2) is 0 Å². The second-order valence-corrected chi connectivity index (χ2v) is 9.01. The Morgan fingerprint density at radius 1 is 1.09 bits per heavy atom. The molecule has 3 aromatic heterocycles. The van der Waals surface area contributed by atoms with Gasteiger partial charge in [-0.25, -0.2) is 9.97 Å². The normalized spacial score (nSPS) is 14.9. The number of nitrogen functional groups attached to an aromatic ring is 1. The molecule has 1 saturated heterocycles. The molecule has 35 heavy (non-hydrogen) atoms. The summed E-state index contributed by atoms with van der Waals surface area (Å²) in [6.07, 6.45) is 3.79. The lowest BCUT2D eigenvalue weighted by Gasteiger charge is -2.29. The molecule has 10 nitrogen and oxygen atoms in total. The molecular weight excluding hydrogens is 444 g/mol. The summed E-state index contributed by atoms with van der Waals surface area (Å²) in [5.74, 6) is 1.26. The Morgan fingerprint density at radius 3 is 2.57 bits per heavy atom. The molecule has 1 fully saturated rings. The summed E-state index contributed by atoms with van der Waals surface area (Å²) >= 11 is 0. The van der Waals surface area contributed by atoms with Crippen LogP contribution < -0.4 is 21.5 Å². The topological polar surface area (TPSA) is 116 Å². The molecule has 5 rings (SSSR count). The molecule has 0 spiro atoms. The van der Waals surface area contributed by atoms with Crippen LogP contribution in [0.3, 0.4) is 0 Å². The highest BCUT2D eigenvalue weighted by atomic mass is 16.5. The maximum atomic E-state index is 13.1. The molecule has 0 aliphatic carbocycles. The summed E-state index contributed by atoms with van der Waals surface area (Å²) in [4.78, 5) is 24.5. The smallest absolute Gasteiger partial charge is 0.275 e. The van der Waals surface area contributed by atoms with Gasteiger partial charge in [0.2, 0.25) is 0 Å². The lowest BCUT2D eigenvalue weighted by Crippen LogP contribution is -2.40. The van der Waals surface area contributed by atoms with Crippen LogP contribution >= 0.6 is 0 Å². The van der Waals surface area contributed by atoms with E-state index in [1.54, 1.807) is 16.3 Å². The first-order valence-corrected chi connectivity index (χ1v) is 11.7. The van der Waals surface area contributed by atoms with E-state index < -0.39 is 0 Å². The average Bonchev–Trinajstić information content (AvgIpc) is 3.28. The van der Waals surface area contributed by atoms with Gasteiger partial charge in [0.1, 0.15) is 23.0 Å². The summed E-state index contributed by atoms with van der Waals surface area (Å²) in [5, 5.41) is 8.61. The minimum Gasteiger partial charge on any atom is -0.399 e. The van der Waals surface area contributed by atoms with Crippen LogP contribution in [-0.2, 0) is 18.8 Å². The van der Waals surface area contributed by atoms with E-state index in [-0.39, 0.29) is 11.6 Å². The fraction of sp³-hybridized carbons (Fsp3) is 0.360. The zero-order valence-electron chi connectivity index (χ0n) is 20.4. The molecule has 1 aromatic carbocycles. The lowest BCUT2D eigenvalue weighted by molar-refractivity contribution is 0.122. The lowest BCUT2D eigenvalue weighted by atomic mass is 10.0. The van der Waals surface area contributed by atoms with Crippen molar-refractivity contribution < 1.29 is 4.74 Å². The number of anilines is 3. The van der Waals surface area contributed by atoms with Crippen LogP contribution in [0.1, 0.15) is 24.4 Å². The fourth-order valence-electron chi connectivity index (χ4n) is 4.51. The van der Waals surface area contributed by atoms with Crippen molar-refractivity contribution in [2.75, 3.05) is 42.3 Å². The number of morpholine rings is 1. The van der Waals surface area contributed by atoms with E-state index in [0.29, 0.717) is 55.0 Å². The predicted molar refractivity (Wildman–Crippen MR) is 138 cm³/mol. The Kier molecular flexibility index (Phi) is 5.89. The molecule has 3 N–H and O–H groups in total. The molecule has 0 amide bonds. The molecule has 0 unspecified atom stereocenters.